The van der Waals surface area contributed by atoms with Gasteiger partial charge in [-0.05, 0) is 29.1 Å². The molecular formula is C15H20N2O3. The summed E-state index contributed by atoms with van der Waals surface area (Å²) in [6.07, 6.45) is 1.91. The van der Waals surface area contributed by atoms with Crippen LogP contribution in [0.4, 0.5) is 0 Å². The van der Waals surface area contributed by atoms with Crippen LogP contribution in [0, 0.1) is 0 Å². The summed E-state index contributed by atoms with van der Waals surface area (Å²) < 4.78 is 11.6. The third-order valence-electron chi connectivity index (χ3n) is 3.17. The molecule has 0 amide bonds. The Balaban J connectivity index is 2.05. The summed E-state index contributed by atoms with van der Waals surface area (Å²) in [6.45, 7) is 2.59. The molecule has 2 aromatic rings. The molecule has 5 nitrogen and oxygen atoms in total. The van der Waals surface area contributed by atoms with E-state index in [4.69, 9.17) is 9.47 Å². The lowest BCUT2D eigenvalue weighted by Crippen LogP contribution is -2.18. The van der Waals surface area contributed by atoms with Gasteiger partial charge in [-0.15, -0.1) is 0 Å². The van der Waals surface area contributed by atoms with Crippen molar-refractivity contribution in [2.24, 2.45) is 0 Å². The molecule has 2 rings (SSSR count). The van der Waals surface area contributed by atoms with Crippen LogP contribution in [0.3, 0.4) is 0 Å². The second-order valence-corrected chi connectivity index (χ2v) is 4.58. The standard InChI is InChI=1S/C15H20N2O3/c1-19-8-6-16-10-12-3-4-14-13(9-12)5-7-17(14)11-15(18)20-2/h3-5,7,9,16H,6,8,10-11H2,1-2H3. The number of aromatic nitrogens is 1. The number of carbonyl (C=O) groups is 1. The Kier molecular flexibility index (Phi) is 5.15. The van der Waals surface area contributed by atoms with Crippen LogP contribution in [0.15, 0.2) is 30.5 Å². The first-order valence-electron chi connectivity index (χ1n) is 6.59. The highest BCUT2D eigenvalue weighted by atomic mass is 16.5. The Morgan fingerprint density at radius 2 is 2.15 bits per heavy atom. The highest BCUT2D eigenvalue weighted by Gasteiger charge is 2.06. The highest BCUT2D eigenvalue weighted by molar-refractivity contribution is 5.82. The van der Waals surface area contributed by atoms with E-state index in [2.05, 4.69) is 17.4 Å². The van der Waals surface area contributed by atoms with Gasteiger partial charge >= 0.3 is 5.97 Å². The lowest BCUT2D eigenvalue weighted by Gasteiger charge is -2.06. The van der Waals surface area contributed by atoms with Gasteiger partial charge in [0, 0.05) is 31.9 Å². The van der Waals surface area contributed by atoms with Crippen LogP contribution < -0.4 is 5.32 Å². The van der Waals surface area contributed by atoms with Crippen LogP contribution >= 0.6 is 0 Å². The van der Waals surface area contributed by atoms with Crippen LogP contribution in [-0.2, 0) is 27.4 Å². The van der Waals surface area contributed by atoms with Gasteiger partial charge in [-0.3, -0.25) is 4.79 Å². The van der Waals surface area contributed by atoms with E-state index in [0.29, 0.717) is 6.61 Å². The fourth-order valence-electron chi connectivity index (χ4n) is 2.11. The van der Waals surface area contributed by atoms with Gasteiger partial charge in [0.1, 0.15) is 6.54 Å². The summed E-state index contributed by atoms with van der Waals surface area (Å²) in [5, 5.41) is 4.43. The van der Waals surface area contributed by atoms with Gasteiger partial charge in [-0.2, -0.15) is 0 Å². The zero-order valence-corrected chi connectivity index (χ0v) is 11.9. The van der Waals surface area contributed by atoms with Gasteiger partial charge in [0.2, 0.25) is 0 Å². The van der Waals surface area contributed by atoms with Gasteiger partial charge in [-0.25, -0.2) is 0 Å². The third-order valence-corrected chi connectivity index (χ3v) is 3.17. The third kappa shape index (κ3) is 3.59. The molecule has 1 N–H and O–H groups in total. The SMILES string of the molecule is COCCNCc1ccc2c(ccn2CC(=O)OC)c1. The van der Waals surface area contributed by atoms with E-state index >= 15 is 0 Å². The van der Waals surface area contributed by atoms with E-state index in [-0.39, 0.29) is 12.5 Å². The number of ether oxygens (including phenoxy) is 2. The second kappa shape index (κ2) is 7.07. The van der Waals surface area contributed by atoms with Crippen molar-refractivity contribution >= 4 is 16.9 Å². The fourth-order valence-corrected chi connectivity index (χ4v) is 2.11. The summed E-state index contributed by atoms with van der Waals surface area (Å²) in [7, 11) is 3.09. The summed E-state index contributed by atoms with van der Waals surface area (Å²) in [4.78, 5) is 11.3. The first-order chi connectivity index (χ1) is 9.74. The molecule has 0 atom stereocenters. The zero-order chi connectivity index (χ0) is 14.4. The van der Waals surface area contributed by atoms with E-state index in [1.165, 1.54) is 12.7 Å². The molecule has 0 bridgehead atoms. The molecule has 1 aromatic heterocycles. The molecule has 0 radical (unpaired) electrons. The van der Waals surface area contributed by atoms with Crippen molar-refractivity contribution in [3.63, 3.8) is 0 Å². The Hall–Kier alpha value is -1.85. The van der Waals surface area contributed by atoms with Crippen molar-refractivity contribution in [3.05, 3.63) is 36.0 Å². The Morgan fingerprint density at radius 3 is 2.90 bits per heavy atom. The monoisotopic (exact) mass is 276 g/mol. The number of nitrogens with zero attached hydrogens (tertiary/aromatic N) is 1. The average molecular weight is 276 g/mol. The molecular weight excluding hydrogens is 256 g/mol. The maximum atomic E-state index is 11.3. The van der Waals surface area contributed by atoms with Gasteiger partial charge in [0.25, 0.3) is 0 Å². The van der Waals surface area contributed by atoms with Gasteiger partial charge < -0.3 is 19.4 Å². The minimum absolute atomic E-state index is 0.242. The number of nitrogens with one attached hydrogen (secondary N) is 1. The molecule has 20 heavy (non-hydrogen) atoms. The molecule has 5 heteroatoms. The maximum absolute atomic E-state index is 11.3. The molecule has 0 spiro atoms. The Labute approximate surface area is 118 Å². The summed E-state index contributed by atoms with van der Waals surface area (Å²) in [5.41, 5.74) is 2.25. The first-order valence-corrected chi connectivity index (χ1v) is 6.59. The van der Waals surface area contributed by atoms with E-state index in [1.54, 1.807) is 7.11 Å². The second-order valence-electron chi connectivity index (χ2n) is 4.58. The molecule has 0 saturated heterocycles. The van der Waals surface area contributed by atoms with Crippen LogP contribution in [0.1, 0.15) is 5.56 Å². The number of esters is 1. The number of fused-ring (bicyclic) bond motifs is 1. The summed E-state index contributed by atoms with van der Waals surface area (Å²) in [6, 6.07) is 8.24. The number of hydrogen-bond acceptors (Lipinski definition) is 4. The van der Waals surface area contributed by atoms with E-state index in [1.807, 2.05) is 22.9 Å². The molecule has 0 aliphatic rings. The van der Waals surface area contributed by atoms with Crippen molar-refractivity contribution in [1.29, 1.82) is 0 Å². The van der Waals surface area contributed by atoms with Gasteiger partial charge in [-0.1, -0.05) is 6.07 Å². The molecule has 108 valence electrons. The van der Waals surface area contributed by atoms with Gasteiger partial charge in [0.05, 0.1) is 13.7 Å². The molecule has 0 aliphatic heterocycles. The highest BCUT2D eigenvalue weighted by Crippen LogP contribution is 2.17. The van der Waals surface area contributed by atoms with Crippen LogP contribution in [0.25, 0.3) is 10.9 Å². The van der Waals surface area contributed by atoms with Crippen molar-refractivity contribution in [2.75, 3.05) is 27.4 Å². The molecule has 0 saturated carbocycles. The van der Waals surface area contributed by atoms with Gasteiger partial charge in [0.15, 0.2) is 0 Å². The quantitative estimate of drug-likeness (QED) is 0.616. The Morgan fingerprint density at radius 1 is 1.30 bits per heavy atom. The lowest BCUT2D eigenvalue weighted by atomic mass is 10.1. The predicted octanol–water partition coefficient (Wildman–Crippen LogP) is 1.55. The molecule has 0 aliphatic carbocycles. The van der Waals surface area contributed by atoms with Crippen LogP contribution in [0.2, 0.25) is 0 Å². The van der Waals surface area contributed by atoms with Crippen LogP contribution in [0.5, 0.6) is 0 Å². The van der Waals surface area contributed by atoms with E-state index in [0.717, 1.165) is 24.0 Å². The van der Waals surface area contributed by atoms with E-state index in [9.17, 15) is 4.79 Å². The van der Waals surface area contributed by atoms with Crippen molar-refractivity contribution in [1.82, 2.24) is 9.88 Å². The van der Waals surface area contributed by atoms with Crippen LogP contribution in [-0.4, -0.2) is 37.9 Å². The number of hydrogen-bond donors (Lipinski definition) is 1. The normalized spacial score (nSPS) is 10.9. The largest absolute Gasteiger partial charge is 0.468 e. The van der Waals surface area contributed by atoms with Crippen molar-refractivity contribution < 1.29 is 14.3 Å². The zero-order valence-electron chi connectivity index (χ0n) is 11.9. The minimum atomic E-state index is -0.243. The summed E-state index contributed by atoms with van der Waals surface area (Å²) in [5.74, 6) is -0.243. The first kappa shape index (κ1) is 14.6. The molecule has 1 aromatic carbocycles. The maximum Gasteiger partial charge on any atom is 0.325 e. The lowest BCUT2D eigenvalue weighted by molar-refractivity contribution is -0.141. The number of rotatable bonds is 7. The number of methoxy groups -OCH3 is 2. The topological polar surface area (TPSA) is 52.5 Å². The molecule has 0 unspecified atom stereocenters. The predicted molar refractivity (Wildman–Crippen MR) is 77.5 cm³/mol. The van der Waals surface area contributed by atoms with E-state index < -0.39 is 0 Å². The smallest absolute Gasteiger partial charge is 0.325 e. The Bertz CT molecular complexity index is 578. The fraction of sp³-hybridized carbons (Fsp3) is 0.400. The average Bonchev–Trinajstić information content (AvgIpc) is 2.86. The molecule has 1 heterocycles. The number of carbonyl (C=O) groups excluding carboxylic acids is 1. The van der Waals surface area contributed by atoms with Crippen molar-refractivity contribution in [3.8, 4) is 0 Å². The van der Waals surface area contributed by atoms with Crippen molar-refractivity contribution in [2.45, 2.75) is 13.1 Å². The molecule has 0 fully saturated rings. The number of benzene rings is 1. The summed E-state index contributed by atoms with van der Waals surface area (Å²) >= 11 is 0. The minimum Gasteiger partial charge on any atom is -0.468 e.